The van der Waals surface area contributed by atoms with Crippen molar-refractivity contribution in [1.29, 1.82) is 0 Å². The molecule has 0 aliphatic carbocycles. The minimum Gasteiger partial charge on any atom is -0.465 e. The van der Waals surface area contributed by atoms with Crippen LogP contribution in [0.4, 0.5) is 5.69 Å². The molecule has 0 spiro atoms. The maximum atomic E-state index is 12.4. The summed E-state index contributed by atoms with van der Waals surface area (Å²) in [5, 5.41) is 4.68. The summed E-state index contributed by atoms with van der Waals surface area (Å²) < 4.78 is 4.69. The molecular weight excluding hydrogens is 326 g/mol. The Hall–Kier alpha value is -2.93. The molecule has 0 aromatic heterocycles. The van der Waals surface area contributed by atoms with Gasteiger partial charge in [-0.1, -0.05) is 30.3 Å². The summed E-state index contributed by atoms with van der Waals surface area (Å²) in [6.45, 7) is 0. The van der Waals surface area contributed by atoms with Gasteiger partial charge in [-0.25, -0.2) is 4.79 Å². The molecule has 6 nitrogen and oxygen atoms in total. The highest BCUT2D eigenvalue weighted by Crippen LogP contribution is 2.11. The fourth-order valence-corrected chi connectivity index (χ4v) is 2.12. The van der Waals surface area contributed by atoms with Crippen LogP contribution in [0.15, 0.2) is 54.6 Å². The molecule has 1 amide bonds. The summed E-state index contributed by atoms with van der Waals surface area (Å²) >= 11 is 5.24. The molecule has 2 N–H and O–H groups in total. The largest absolute Gasteiger partial charge is 0.465 e. The molecule has 2 rings (SSSR count). The van der Waals surface area contributed by atoms with Crippen LogP contribution in [0.5, 0.6) is 0 Å². The number of methoxy groups -OCH3 is 1. The van der Waals surface area contributed by atoms with E-state index in [1.54, 1.807) is 25.2 Å². The standard InChI is InChI=1S/C17H17N3O3S/c1-20(17(24)18-12-8-4-3-5-9-12)19-15(21)13-10-6-7-11-14(13)16(22)23-2/h3-11H,1-2H3,(H,18,24)(H,19,21). The first-order valence-electron chi connectivity index (χ1n) is 7.11. The quantitative estimate of drug-likeness (QED) is 0.507. The molecule has 0 atom stereocenters. The van der Waals surface area contributed by atoms with Crippen LogP contribution in [0.2, 0.25) is 0 Å². The van der Waals surface area contributed by atoms with Crippen LogP contribution in [0.1, 0.15) is 20.7 Å². The molecule has 0 aliphatic heterocycles. The van der Waals surface area contributed by atoms with Gasteiger partial charge >= 0.3 is 5.97 Å². The van der Waals surface area contributed by atoms with Crippen LogP contribution in [0.3, 0.4) is 0 Å². The Labute approximate surface area is 145 Å². The number of rotatable bonds is 3. The molecule has 24 heavy (non-hydrogen) atoms. The Morgan fingerprint density at radius 1 is 1.00 bits per heavy atom. The second-order valence-corrected chi connectivity index (χ2v) is 5.22. The van der Waals surface area contributed by atoms with Crippen molar-refractivity contribution in [2.45, 2.75) is 0 Å². The zero-order valence-corrected chi connectivity index (χ0v) is 14.1. The topological polar surface area (TPSA) is 70.7 Å². The van der Waals surface area contributed by atoms with Gasteiger partial charge in [-0.3, -0.25) is 15.2 Å². The number of anilines is 1. The summed E-state index contributed by atoms with van der Waals surface area (Å²) in [6, 6.07) is 15.7. The van der Waals surface area contributed by atoms with Gasteiger partial charge in [0.05, 0.1) is 18.2 Å². The van der Waals surface area contributed by atoms with Crippen LogP contribution in [0, 0.1) is 0 Å². The average molecular weight is 343 g/mol. The number of carbonyl (C=O) groups excluding carboxylic acids is 2. The van der Waals surface area contributed by atoms with Crippen molar-refractivity contribution in [3.05, 3.63) is 65.7 Å². The first-order chi connectivity index (χ1) is 11.5. The van der Waals surface area contributed by atoms with E-state index in [1.165, 1.54) is 18.2 Å². The Bertz CT molecular complexity index is 750. The third-order valence-electron chi connectivity index (χ3n) is 3.18. The summed E-state index contributed by atoms with van der Waals surface area (Å²) in [7, 11) is 2.87. The molecule has 0 radical (unpaired) electrons. The highest BCUT2D eigenvalue weighted by Gasteiger charge is 2.18. The van der Waals surface area contributed by atoms with Gasteiger partial charge in [-0.2, -0.15) is 0 Å². The number of para-hydroxylation sites is 1. The zero-order chi connectivity index (χ0) is 17.5. The Kier molecular flexibility index (Phi) is 5.86. The van der Waals surface area contributed by atoms with Crippen LogP contribution < -0.4 is 10.7 Å². The summed E-state index contributed by atoms with van der Waals surface area (Å²) in [5.74, 6) is -1.04. The molecular formula is C17H17N3O3S. The van der Waals surface area contributed by atoms with E-state index in [1.807, 2.05) is 30.3 Å². The fraction of sp³-hybridized carbons (Fsp3) is 0.118. The number of esters is 1. The summed E-state index contributed by atoms with van der Waals surface area (Å²) in [4.78, 5) is 24.2. The van der Waals surface area contributed by atoms with E-state index in [9.17, 15) is 9.59 Å². The summed E-state index contributed by atoms with van der Waals surface area (Å²) in [6.07, 6.45) is 0. The van der Waals surface area contributed by atoms with Gasteiger partial charge in [-0.15, -0.1) is 0 Å². The van der Waals surface area contributed by atoms with E-state index >= 15 is 0 Å². The first-order valence-corrected chi connectivity index (χ1v) is 7.52. The van der Waals surface area contributed by atoms with Crippen molar-refractivity contribution >= 4 is 34.9 Å². The maximum Gasteiger partial charge on any atom is 0.338 e. The van der Waals surface area contributed by atoms with Gasteiger partial charge in [0.15, 0.2) is 5.11 Å². The number of nitrogens with one attached hydrogen (secondary N) is 2. The number of carbonyl (C=O) groups is 2. The number of hydrogen-bond donors (Lipinski definition) is 2. The van der Waals surface area contributed by atoms with Gasteiger partial charge in [-0.05, 0) is 36.5 Å². The molecule has 2 aromatic carbocycles. The van der Waals surface area contributed by atoms with Crippen molar-refractivity contribution < 1.29 is 14.3 Å². The van der Waals surface area contributed by atoms with Gasteiger partial charge in [0.25, 0.3) is 5.91 Å². The lowest BCUT2D eigenvalue weighted by atomic mass is 10.1. The van der Waals surface area contributed by atoms with E-state index in [2.05, 4.69) is 15.5 Å². The third kappa shape index (κ3) is 4.30. The molecule has 0 heterocycles. The normalized spacial score (nSPS) is 9.75. The third-order valence-corrected chi connectivity index (χ3v) is 3.55. The molecule has 0 aliphatic rings. The highest BCUT2D eigenvalue weighted by molar-refractivity contribution is 7.80. The molecule has 0 saturated carbocycles. The predicted molar refractivity (Wildman–Crippen MR) is 95.7 cm³/mol. The maximum absolute atomic E-state index is 12.4. The van der Waals surface area contributed by atoms with Gasteiger partial charge in [0.1, 0.15) is 0 Å². The van der Waals surface area contributed by atoms with Gasteiger partial charge < -0.3 is 10.1 Å². The van der Waals surface area contributed by atoms with Crippen molar-refractivity contribution in [2.75, 3.05) is 19.5 Å². The fourth-order valence-electron chi connectivity index (χ4n) is 1.96. The lowest BCUT2D eigenvalue weighted by molar-refractivity contribution is 0.0595. The minimum atomic E-state index is -0.576. The number of amides is 1. The van der Waals surface area contributed by atoms with E-state index in [0.717, 1.165) is 5.69 Å². The number of hydrogen-bond acceptors (Lipinski definition) is 4. The number of ether oxygens (including phenoxy) is 1. The van der Waals surface area contributed by atoms with Crippen LogP contribution in [-0.4, -0.2) is 36.2 Å². The van der Waals surface area contributed by atoms with Gasteiger partial charge in [0.2, 0.25) is 0 Å². The van der Waals surface area contributed by atoms with E-state index in [4.69, 9.17) is 12.2 Å². The second-order valence-electron chi connectivity index (χ2n) is 4.83. The second kappa shape index (κ2) is 8.07. The SMILES string of the molecule is COC(=O)c1ccccc1C(=O)NN(C)C(=S)Nc1ccccc1. The highest BCUT2D eigenvalue weighted by atomic mass is 32.1. The first kappa shape index (κ1) is 17.4. The van der Waals surface area contributed by atoms with Crippen molar-refractivity contribution in [3.63, 3.8) is 0 Å². The molecule has 2 aromatic rings. The summed E-state index contributed by atoms with van der Waals surface area (Å²) in [5.41, 5.74) is 3.82. The Morgan fingerprint density at radius 3 is 2.21 bits per heavy atom. The number of nitrogens with zero attached hydrogens (tertiary/aromatic N) is 1. The number of benzene rings is 2. The van der Waals surface area contributed by atoms with Crippen LogP contribution >= 0.6 is 12.2 Å². The smallest absolute Gasteiger partial charge is 0.338 e. The average Bonchev–Trinajstić information content (AvgIpc) is 2.61. The number of thiocarbonyl (C=S) groups is 1. The molecule has 7 heteroatoms. The minimum absolute atomic E-state index is 0.188. The molecule has 124 valence electrons. The Balaban J connectivity index is 2.06. The van der Waals surface area contributed by atoms with Crippen molar-refractivity contribution in [2.24, 2.45) is 0 Å². The van der Waals surface area contributed by atoms with E-state index in [-0.39, 0.29) is 11.1 Å². The van der Waals surface area contributed by atoms with Crippen molar-refractivity contribution in [1.82, 2.24) is 10.4 Å². The van der Waals surface area contributed by atoms with E-state index < -0.39 is 11.9 Å². The van der Waals surface area contributed by atoms with Gasteiger partial charge in [0, 0.05) is 12.7 Å². The monoisotopic (exact) mass is 343 g/mol. The van der Waals surface area contributed by atoms with Crippen molar-refractivity contribution in [3.8, 4) is 0 Å². The molecule has 0 bridgehead atoms. The molecule has 0 unspecified atom stereocenters. The van der Waals surface area contributed by atoms with Crippen LogP contribution in [-0.2, 0) is 4.74 Å². The Morgan fingerprint density at radius 2 is 1.58 bits per heavy atom. The molecule has 0 fully saturated rings. The lowest BCUT2D eigenvalue weighted by Gasteiger charge is -2.22. The zero-order valence-electron chi connectivity index (χ0n) is 13.3. The van der Waals surface area contributed by atoms with E-state index in [0.29, 0.717) is 5.11 Å². The van der Waals surface area contributed by atoms with Crippen LogP contribution in [0.25, 0.3) is 0 Å². The molecule has 0 saturated heterocycles. The lowest BCUT2D eigenvalue weighted by Crippen LogP contribution is -2.45. The predicted octanol–water partition coefficient (Wildman–Crippen LogP) is 2.45. The number of hydrazine groups is 1.